The van der Waals surface area contributed by atoms with Gasteiger partial charge in [-0.3, -0.25) is 9.69 Å². The average Bonchev–Trinajstić information content (AvgIpc) is 3.00. The minimum atomic E-state index is -2.86. The van der Waals surface area contributed by atoms with Gasteiger partial charge in [0, 0.05) is 32.2 Å². The molecular weight excluding hydrogens is 340 g/mol. The van der Waals surface area contributed by atoms with Crippen molar-refractivity contribution in [1.82, 2.24) is 9.80 Å². The van der Waals surface area contributed by atoms with Crippen molar-refractivity contribution in [1.29, 1.82) is 0 Å². The summed E-state index contributed by atoms with van der Waals surface area (Å²) in [6.07, 6.45) is 1.69. The summed E-state index contributed by atoms with van der Waals surface area (Å²) < 4.78 is 28.8. The molecule has 138 valence electrons. The number of ether oxygens (including phenoxy) is 1. The van der Waals surface area contributed by atoms with E-state index in [9.17, 15) is 13.2 Å². The molecule has 0 unspecified atom stereocenters. The van der Waals surface area contributed by atoms with Gasteiger partial charge in [0.25, 0.3) is 5.91 Å². The fourth-order valence-electron chi connectivity index (χ4n) is 3.46. The van der Waals surface area contributed by atoms with Gasteiger partial charge in [-0.1, -0.05) is 19.1 Å². The highest BCUT2D eigenvalue weighted by Gasteiger charge is 2.34. The summed E-state index contributed by atoms with van der Waals surface area (Å²) in [5.74, 6) is 1.25. The number of hydrogen-bond acceptors (Lipinski definition) is 5. The van der Waals surface area contributed by atoms with Gasteiger partial charge in [0.2, 0.25) is 0 Å². The van der Waals surface area contributed by atoms with Crippen LogP contribution in [0.15, 0.2) is 24.3 Å². The predicted octanol–water partition coefficient (Wildman–Crippen LogP) is 0.959. The minimum Gasteiger partial charge on any atom is -0.484 e. The largest absolute Gasteiger partial charge is 0.484 e. The average molecular weight is 366 g/mol. The Morgan fingerprint density at radius 2 is 1.84 bits per heavy atom. The van der Waals surface area contributed by atoms with Crippen molar-refractivity contribution in [3.05, 3.63) is 29.8 Å². The van der Waals surface area contributed by atoms with Crippen LogP contribution >= 0.6 is 0 Å². The molecule has 1 amide bonds. The van der Waals surface area contributed by atoms with Crippen molar-refractivity contribution in [2.24, 2.45) is 0 Å². The van der Waals surface area contributed by atoms with Crippen LogP contribution < -0.4 is 4.74 Å². The topological polar surface area (TPSA) is 66.9 Å². The van der Waals surface area contributed by atoms with Crippen molar-refractivity contribution in [2.75, 3.05) is 44.3 Å². The van der Waals surface area contributed by atoms with Gasteiger partial charge in [-0.05, 0) is 30.5 Å². The lowest BCUT2D eigenvalue weighted by Gasteiger charge is -2.37. The lowest BCUT2D eigenvalue weighted by molar-refractivity contribution is -0.135. The standard InChI is InChI=1S/C18H26N2O4S/c1-2-15-3-5-17(6-4-15)24-13-18(21)20-10-8-19(9-11-20)16-7-12-25(22,23)14-16/h3-6,16H,2,7-14H2,1H3/t16-/m1/s1. The second-order valence-electron chi connectivity index (χ2n) is 6.76. The number of nitrogens with zero attached hydrogens (tertiary/aromatic N) is 2. The van der Waals surface area contributed by atoms with E-state index in [0.717, 1.165) is 19.5 Å². The van der Waals surface area contributed by atoms with Gasteiger partial charge in [-0.15, -0.1) is 0 Å². The molecule has 2 saturated heterocycles. The van der Waals surface area contributed by atoms with Gasteiger partial charge in [-0.2, -0.15) is 0 Å². The molecule has 0 bridgehead atoms. The summed E-state index contributed by atoms with van der Waals surface area (Å²) in [6, 6.07) is 7.92. The van der Waals surface area contributed by atoms with E-state index in [-0.39, 0.29) is 24.3 Å². The first-order chi connectivity index (χ1) is 12.0. The summed E-state index contributed by atoms with van der Waals surface area (Å²) in [4.78, 5) is 16.3. The van der Waals surface area contributed by atoms with E-state index in [1.54, 1.807) is 4.90 Å². The van der Waals surface area contributed by atoms with Crippen LogP contribution in [0.25, 0.3) is 0 Å². The Balaban J connectivity index is 1.43. The maximum atomic E-state index is 12.3. The van der Waals surface area contributed by atoms with Crippen LogP contribution in [0.1, 0.15) is 18.9 Å². The number of sulfone groups is 1. The Hall–Kier alpha value is -1.60. The Labute approximate surface area is 149 Å². The molecule has 7 heteroatoms. The van der Waals surface area contributed by atoms with Crippen molar-refractivity contribution in [3.63, 3.8) is 0 Å². The number of hydrogen-bond donors (Lipinski definition) is 0. The minimum absolute atomic E-state index is 0.0155. The molecule has 2 fully saturated rings. The van der Waals surface area contributed by atoms with Gasteiger partial charge in [0.05, 0.1) is 11.5 Å². The third-order valence-corrected chi connectivity index (χ3v) is 6.84. The predicted molar refractivity (Wildman–Crippen MR) is 96.5 cm³/mol. The van der Waals surface area contributed by atoms with Crippen molar-refractivity contribution < 1.29 is 17.9 Å². The smallest absolute Gasteiger partial charge is 0.260 e. The van der Waals surface area contributed by atoms with E-state index >= 15 is 0 Å². The Morgan fingerprint density at radius 1 is 1.16 bits per heavy atom. The van der Waals surface area contributed by atoms with Gasteiger partial charge < -0.3 is 9.64 Å². The molecule has 1 atom stereocenters. The van der Waals surface area contributed by atoms with E-state index in [1.807, 2.05) is 24.3 Å². The SMILES string of the molecule is CCc1ccc(OCC(=O)N2CCN([C@@H]3CCS(=O)(=O)C3)CC2)cc1. The van der Waals surface area contributed by atoms with Crippen molar-refractivity contribution >= 4 is 15.7 Å². The van der Waals surface area contributed by atoms with Crippen LogP contribution in [0.2, 0.25) is 0 Å². The first kappa shape index (κ1) is 18.2. The molecule has 2 heterocycles. The zero-order chi connectivity index (χ0) is 17.9. The van der Waals surface area contributed by atoms with Gasteiger partial charge in [-0.25, -0.2) is 8.42 Å². The molecule has 2 aliphatic heterocycles. The number of aryl methyl sites for hydroxylation is 1. The van der Waals surface area contributed by atoms with Crippen LogP contribution in [0.3, 0.4) is 0 Å². The lowest BCUT2D eigenvalue weighted by atomic mass is 10.2. The highest BCUT2D eigenvalue weighted by Crippen LogP contribution is 2.19. The van der Waals surface area contributed by atoms with Crippen LogP contribution in [-0.2, 0) is 21.1 Å². The molecule has 0 aromatic heterocycles. The molecule has 3 rings (SSSR count). The summed E-state index contributed by atoms with van der Waals surface area (Å²) >= 11 is 0. The lowest BCUT2D eigenvalue weighted by Crippen LogP contribution is -2.53. The number of carbonyl (C=O) groups excluding carboxylic acids is 1. The summed E-state index contributed by atoms with van der Waals surface area (Å²) in [7, 11) is -2.86. The maximum Gasteiger partial charge on any atom is 0.260 e. The maximum absolute atomic E-state index is 12.3. The molecule has 6 nitrogen and oxygen atoms in total. The highest BCUT2D eigenvalue weighted by molar-refractivity contribution is 7.91. The van der Waals surface area contributed by atoms with Crippen LogP contribution in [-0.4, -0.2) is 74.5 Å². The van der Waals surface area contributed by atoms with Gasteiger partial charge in [0.15, 0.2) is 16.4 Å². The second-order valence-corrected chi connectivity index (χ2v) is 8.99. The van der Waals surface area contributed by atoms with Crippen LogP contribution in [0, 0.1) is 0 Å². The quantitative estimate of drug-likeness (QED) is 0.777. The van der Waals surface area contributed by atoms with E-state index in [4.69, 9.17) is 4.74 Å². The molecule has 1 aromatic carbocycles. The number of carbonyl (C=O) groups is 1. The second kappa shape index (κ2) is 7.74. The third-order valence-electron chi connectivity index (χ3n) is 5.09. The fraction of sp³-hybridized carbons (Fsp3) is 0.611. The molecule has 0 spiro atoms. The highest BCUT2D eigenvalue weighted by atomic mass is 32.2. The van der Waals surface area contributed by atoms with E-state index in [0.29, 0.717) is 31.0 Å². The van der Waals surface area contributed by atoms with Crippen LogP contribution in [0.5, 0.6) is 5.75 Å². The monoisotopic (exact) mass is 366 g/mol. The molecule has 1 aromatic rings. The Kier molecular flexibility index (Phi) is 5.64. The molecule has 2 aliphatic rings. The fourth-order valence-corrected chi connectivity index (χ4v) is 5.22. The molecule has 0 aliphatic carbocycles. The molecule has 25 heavy (non-hydrogen) atoms. The first-order valence-electron chi connectivity index (χ1n) is 8.91. The number of amides is 1. The van der Waals surface area contributed by atoms with Crippen molar-refractivity contribution in [3.8, 4) is 5.75 Å². The van der Waals surface area contributed by atoms with Gasteiger partial charge >= 0.3 is 0 Å². The zero-order valence-corrected chi connectivity index (χ0v) is 15.5. The number of piperazine rings is 1. The van der Waals surface area contributed by atoms with Crippen molar-refractivity contribution in [2.45, 2.75) is 25.8 Å². The van der Waals surface area contributed by atoms with E-state index in [2.05, 4.69) is 11.8 Å². The van der Waals surface area contributed by atoms with E-state index < -0.39 is 9.84 Å². The number of rotatable bonds is 5. The zero-order valence-electron chi connectivity index (χ0n) is 14.7. The van der Waals surface area contributed by atoms with E-state index in [1.165, 1.54) is 5.56 Å². The Morgan fingerprint density at radius 3 is 2.40 bits per heavy atom. The van der Waals surface area contributed by atoms with Crippen LogP contribution in [0.4, 0.5) is 0 Å². The molecule has 0 radical (unpaired) electrons. The molecule has 0 N–H and O–H groups in total. The Bertz CT molecular complexity index is 694. The molecule has 0 saturated carbocycles. The first-order valence-corrected chi connectivity index (χ1v) is 10.7. The molecular formula is C18H26N2O4S. The third kappa shape index (κ3) is 4.73. The summed E-state index contributed by atoms with van der Waals surface area (Å²) in [5.41, 5.74) is 1.24. The normalized spacial score (nSPS) is 23.6. The number of benzene rings is 1. The summed E-state index contributed by atoms with van der Waals surface area (Å²) in [6.45, 7) is 4.87. The summed E-state index contributed by atoms with van der Waals surface area (Å²) in [5, 5.41) is 0. The van der Waals surface area contributed by atoms with Gasteiger partial charge in [0.1, 0.15) is 5.75 Å².